The maximum Gasteiger partial charge on any atom is 0.136 e. The molecule has 4 aromatic heterocycles. The van der Waals surface area contributed by atoms with E-state index in [2.05, 4.69) is 165 Å². The molecule has 0 spiro atoms. The molecule has 0 fully saturated rings. The van der Waals surface area contributed by atoms with Crippen LogP contribution in [0.1, 0.15) is 0 Å². The molecule has 0 amide bonds. The molecule has 2 atom stereocenters. The number of thiophene rings is 1. The van der Waals surface area contributed by atoms with Gasteiger partial charge in [-0.2, -0.15) is 0 Å². The Morgan fingerprint density at radius 1 is 0.551 bits per heavy atom. The first kappa shape index (κ1) is 26.0. The number of nitrogens with zero attached hydrogens (tertiary/aromatic N) is 2. The van der Waals surface area contributed by atoms with Gasteiger partial charge in [-0.1, -0.05) is 103 Å². The van der Waals surface area contributed by atoms with Crippen molar-refractivity contribution in [3.63, 3.8) is 0 Å². The van der Waals surface area contributed by atoms with E-state index in [1.54, 1.807) is 0 Å². The van der Waals surface area contributed by atoms with E-state index in [1.165, 1.54) is 91.7 Å². The van der Waals surface area contributed by atoms with Gasteiger partial charge >= 0.3 is 0 Å². The topological polar surface area (TPSA) is 33.4 Å². The molecule has 5 heterocycles. The second-order valence-electron chi connectivity index (χ2n) is 13.4. The molecular formula is C44H28N4S. The van der Waals surface area contributed by atoms with E-state index < -0.39 is 0 Å². The fourth-order valence-corrected chi connectivity index (χ4v) is 10.0. The second-order valence-corrected chi connectivity index (χ2v) is 14.5. The van der Waals surface area contributed by atoms with Crippen molar-refractivity contribution in [2.45, 2.75) is 12.1 Å². The van der Waals surface area contributed by atoms with E-state index in [0.29, 0.717) is 0 Å². The van der Waals surface area contributed by atoms with Crippen molar-refractivity contribution in [1.29, 1.82) is 0 Å². The van der Waals surface area contributed by atoms with Crippen LogP contribution in [0.15, 0.2) is 146 Å². The highest BCUT2D eigenvalue weighted by Crippen LogP contribution is 2.52. The summed E-state index contributed by atoms with van der Waals surface area (Å²) in [5.74, 6) is 1.15. The molecule has 12 rings (SSSR count). The van der Waals surface area contributed by atoms with Gasteiger partial charge in [-0.05, 0) is 48.0 Å². The number of para-hydroxylation sites is 3. The van der Waals surface area contributed by atoms with Crippen molar-refractivity contribution in [3.05, 3.63) is 146 Å². The Hall–Kier alpha value is -6.04. The van der Waals surface area contributed by atoms with Gasteiger partial charge in [0.2, 0.25) is 0 Å². The molecule has 1 aliphatic heterocycles. The standard InChI is InChI=1S/C44H28N4S/c1-2-11-26(12-3-1)47-36-19-8-4-13-28(36)30-16-10-15-27(41(30)47)25-21-22-37-31(23-25)32-24-33-29-14-5-9-20-38(29)49-43(33)39-40-44(48(37)42(32)39)46-35-18-7-6-17-34(35)45-40/h1-24,34-35,45-46H. The van der Waals surface area contributed by atoms with Gasteiger partial charge in [0.25, 0.3) is 0 Å². The van der Waals surface area contributed by atoms with Crippen LogP contribution in [0.5, 0.6) is 0 Å². The van der Waals surface area contributed by atoms with Crippen LogP contribution in [-0.2, 0) is 0 Å². The van der Waals surface area contributed by atoms with Crippen LogP contribution in [0.3, 0.4) is 0 Å². The number of allylic oxidation sites excluding steroid dienone is 2. The average molecular weight is 645 g/mol. The minimum atomic E-state index is 0.195. The largest absolute Gasteiger partial charge is 0.373 e. The Kier molecular flexibility index (Phi) is 4.94. The number of anilines is 2. The van der Waals surface area contributed by atoms with E-state index in [-0.39, 0.29) is 12.1 Å². The summed E-state index contributed by atoms with van der Waals surface area (Å²) in [6.07, 6.45) is 8.85. The summed E-state index contributed by atoms with van der Waals surface area (Å²) in [7, 11) is 0. The zero-order valence-corrected chi connectivity index (χ0v) is 27.1. The van der Waals surface area contributed by atoms with Crippen molar-refractivity contribution in [3.8, 4) is 16.8 Å². The number of rotatable bonds is 2. The third kappa shape index (κ3) is 3.32. The van der Waals surface area contributed by atoms with E-state index in [0.717, 1.165) is 5.82 Å². The molecule has 5 heteroatoms. The predicted octanol–water partition coefficient (Wildman–Crippen LogP) is 11.5. The fourth-order valence-electron chi connectivity index (χ4n) is 8.80. The van der Waals surface area contributed by atoms with Crippen LogP contribution < -0.4 is 10.6 Å². The Morgan fingerprint density at radius 3 is 2.22 bits per heavy atom. The zero-order valence-electron chi connectivity index (χ0n) is 26.3. The maximum absolute atomic E-state index is 3.97. The molecule has 0 saturated heterocycles. The lowest BCUT2D eigenvalue weighted by atomic mass is 9.97. The summed E-state index contributed by atoms with van der Waals surface area (Å²) < 4.78 is 7.60. The molecule has 2 unspecified atom stereocenters. The average Bonchev–Trinajstić information content (AvgIpc) is 3.89. The number of nitrogens with one attached hydrogen (secondary N) is 2. The first-order chi connectivity index (χ1) is 24.3. The minimum absolute atomic E-state index is 0.195. The van der Waals surface area contributed by atoms with E-state index in [4.69, 9.17) is 0 Å². The molecule has 230 valence electrons. The Labute approximate surface area is 285 Å². The second kappa shape index (κ2) is 9.31. The van der Waals surface area contributed by atoms with E-state index in [9.17, 15) is 0 Å². The highest BCUT2D eigenvalue weighted by atomic mass is 32.1. The molecule has 0 saturated carbocycles. The van der Waals surface area contributed by atoms with Crippen LogP contribution >= 0.6 is 11.3 Å². The molecule has 49 heavy (non-hydrogen) atoms. The predicted molar refractivity (Wildman–Crippen MR) is 209 cm³/mol. The molecule has 10 aromatic rings. The van der Waals surface area contributed by atoms with Gasteiger partial charge < -0.3 is 15.2 Å². The van der Waals surface area contributed by atoms with Gasteiger partial charge in [0.1, 0.15) is 5.82 Å². The lowest BCUT2D eigenvalue weighted by Gasteiger charge is -2.33. The first-order valence-corrected chi connectivity index (χ1v) is 17.8. The molecule has 6 aromatic carbocycles. The summed E-state index contributed by atoms with van der Waals surface area (Å²) >= 11 is 1.91. The summed E-state index contributed by atoms with van der Waals surface area (Å²) in [6.45, 7) is 0. The van der Waals surface area contributed by atoms with Crippen LogP contribution in [0.25, 0.3) is 86.0 Å². The van der Waals surface area contributed by atoms with E-state index in [1.807, 2.05) is 11.3 Å². The fraction of sp³-hybridized carbons (Fsp3) is 0.0455. The summed E-state index contributed by atoms with van der Waals surface area (Å²) in [5.41, 5.74) is 9.82. The number of aromatic nitrogens is 2. The SMILES string of the molecule is C1=CC2Nc3c(n4c5ccc(-c6cccc7c8ccccc8n(-c8ccccc8)c67)cc5c5cc6c7ccccc7sc6c3c54)NC2C=C1. The van der Waals surface area contributed by atoms with Gasteiger partial charge in [0, 0.05) is 58.4 Å². The van der Waals surface area contributed by atoms with Crippen LogP contribution in [-0.4, -0.2) is 21.1 Å². The van der Waals surface area contributed by atoms with Crippen molar-refractivity contribution >= 4 is 92.0 Å². The van der Waals surface area contributed by atoms with Crippen molar-refractivity contribution in [1.82, 2.24) is 8.97 Å². The Bertz CT molecular complexity index is 3060. The normalized spacial score (nSPS) is 17.1. The molecule has 0 radical (unpaired) electrons. The molecule has 0 bridgehead atoms. The molecule has 1 aliphatic carbocycles. The lowest BCUT2D eigenvalue weighted by Crippen LogP contribution is -2.41. The Morgan fingerprint density at radius 2 is 1.33 bits per heavy atom. The monoisotopic (exact) mass is 644 g/mol. The summed E-state index contributed by atoms with van der Waals surface area (Å²) in [4.78, 5) is 0. The number of fused-ring (bicyclic) bond motifs is 14. The minimum Gasteiger partial charge on any atom is -0.373 e. The molecule has 2 N–H and O–H groups in total. The van der Waals surface area contributed by atoms with Gasteiger partial charge in [0.15, 0.2) is 0 Å². The van der Waals surface area contributed by atoms with Crippen LogP contribution in [0.4, 0.5) is 11.5 Å². The number of hydrogen-bond donors (Lipinski definition) is 2. The highest BCUT2D eigenvalue weighted by Gasteiger charge is 2.33. The van der Waals surface area contributed by atoms with Gasteiger partial charge in [-0.15, -0.1) is 11.3 Å². The Balaban J connectivity index is 1.20. The molecular weight excluding hydrogens is 617 g/mol. The molecule has 2 aliphatic rings. The zero-order chi connectivity index (χ0) is 31.8. The van der Waals surface area contributed by atoms with Gasteiger partial charge in [0.05, 0.1) is 39.8 Å². The van der Waals surface area contributed by atoms with Gasteiger partial charge in [-0.3, -0.25) is 4.40 Å². The summed E-state index contributed by atoms with van der Waals surface area (Å²) in [6, 6.07) is 45.2. The number of hydrogen-bond acceptors (Lipinski definition) is 3. The lowest BCUT2D eigenvalue weighted by molar-refractivity contribution is 0.760. The third-order valence-corrected chi connectivity index (χ3v) is 12.1. The van der Waals surface area contributed by atoms with E-state index >= 15 is 0 Å². The first-order valence-electron chi connectivity index (χ1n) is 17.0. The van der Waals surface area contributed by atoms with Gasteiger partial charge in [-0.25, -0.2) is 0 Å². The quantitative estimate of drug-likeness (QED) is 0.196. The van der Waals surface area contributed by atoms with Crippen LogP contribution in [0.2, 0.25) is 0 Å². The van der Waals surface area contributed by atoms with Crippen LogP contribution in [0, 0.1) is 0 Å². The number of benzene rings is 6. The van der Waals surface area contributed by atoms with Crippen molar-refractivity contribution in [2.24, 2.45) is 0 Å². The third-order valence-electron chi connectivity index (χ3n) is 10.9. The van der Waals surface area contributed by atoms with Crippen molar-refractivity contribution in [2.75, 3.05) is 10.6 Å². The highest BCUT2D eigenvalue weighted by molar-refractivity contribution is 7.26. The summed E-state index contributed by atoms with van der Waals surface area (Å²) in [5, 5.41) is 17.0. The molecule has 4 nitrogen and oxygen atoms in total. The van der Waals surface area contributed by atoms with Crippen molar-refractivity contribution < 1.29 is 0 Å². The smallest absolute Gasteiger partial charge is 0.136 e. The maximum atomic E-state index is 3.97.